The van der Waals surface area contributed by atoms with Crippen LogP contribution in [0.1, 0.15) is 13.8 Å². The molecule has 1 aromatic heterocycles. The summed E-state index contributed by atoms with van der Waals surface area (Å²) >= 11 is 1.50. The predicted octanol–water partition coefficient (Wildman–Crippen LogP) is 1.18. The maximum Gasteiger partial charge on any atom is 0.221 e. The molecule has 0 aliphatic carbocycles. The molecule has 3 N–H and O–H groups in total. The monoisotopic (exact) mass is 223 g/mol. The first-order valence-corrected chi connectivity index (χ1v) is 5.54. The van der Waals surface area contributed by atoms with Crippen molar-refractivity contribution in [3.05, 3.63) is 18.5 Å². The number of aliphatic imine (C=N–C) groups is 1. The summed E-state index contributed by atoms with van der Waals surface area (Å²) in [7, 11) is 0. The van der Waals surface area contributed by atoms with E-state index in [9.17, 15) is 0 Å². The molecule has 0 atom stereocenters. The first-order valence-electron chi connectivity index (χ1n) is 4.73. The molecular formula is C9H13N5S. The summed E-state index contributed by atoms with van der Waals surface area (Å²) in [6, 6.07) is 2.25. The third-order valence-electron chi connectivity index (χ3n) is 1.73. The number of pyridine rings is 1. The molecule has 2 rings (SSSR count). The van der Waals surface area contributed by atoms with Crippen LogP contribution in [0.4, 0.5) is 5.69 Å². The van der Waals surface area contributed by atoms with Gasteiger partial charge in [-0.15, -0.1) is 0 Å². The highest BCUT2D eigenvalue weighted by Gasteiger charge is 2.11. The van der Waals surface area contributed by atoms with Crippen LogP contribution in [-0.4, -0.2) is 17.0 Å². The van der Waals surface area contributed by atoms with Crippen LogP contribution in [0.15, 0.2) is 28.3 Å². The van der Waals surface area contributed by atoms with Crippen molar-refractivity contribution in [3.8, 4) is 0 Å². The quantitative estimate of drug-likeness (QED) is 0.519. The van der Waals surface area contributed by atoms with Gasteiger partial charge in [-0.2, -0.15) is 0 Å². The van der Waals surface area contributed by atoms with Crippen molar-refractivity contribution in [2.45, 2.75) is 24.8 Å². The molecule has 1 aromatic rings. The molecule has 0 radical (unpaired) electrons. The van der Waals surface area contributed by atoms with E-state index in [1.54, 1.807) is 12.4 Å². The van der Waals surface area contributed by atoms with Crippen LogP contribution in [0.3, 0.4) is 0 Å². The van der Waals surface area contributed by atoms with Gasteiger partial charge in [0.1, 0.15) is 0 Å². The van der Waals surface area contributed by atoms with Gasteiger partial charge in [0.2, 0.25) is 5.96 Å². The summed E-state index contributed by atoms with van der Waals surface area (Å²) in [6.07, 6.45) is 3.53. The van der Waals surface area contributed by atoms with Gasteiger partial charge < -0.3 is 0 Å². The summed E-state index contributed by atoms with van der Waals surface area (Å²) in [5.41, 5.74) is 7.02. The Morgan fingerprint density at radius 2 is 2.33 bits per heavy atom. The first-order chi connectivity index (χ1) is 7.25. The van der Waals surface area contributed by atoms with E-state index < -0.39 is 0 Å². The van der Waals surface area contributed by atoms with Crippen molar-refractivity contribution < 1.29 is 0 Å². The van der Waals surface area contributed by atoms with E-state index in [2.05, 4.69) is 39.4 Å². The topological polar surface area (TPSA) is 61.3 Å². The number of hydrogen-bond donors (Lipinski definition) is 3. The molecule has 0 spiro atoms. The van der Waals surface area contributed by atoms with E-state index in [0.717, 1.165) is 10.6 Å². The van der Waals surface area contributed by atoms with Gasteiger partial charge in [-0.3, -0.25) is 15.1 Å². The zero-order valence-electron chi connectivity index (χ0n) is 8.61. The van der Waals surface area contributed by atoms with Crippen molar-refractivity contribution in [3.63, 3.8) is 0 Å². The Hall–Kier alpha value is -1.27. The van der Waals surface area contributed by atoms with Crippen molar-refractivity contribution in [2.24, 2.45) is 4.99 Å². The molecule has 5 nitrogen and oxygen atoms in total. The lowest BCUT2D eigenvalue weighted by molar-refractivity contribution is 0.554. The minimum absolute atomic E-state index is 0.360. The molecule has 0 bridgehead atoms. The summed E-state index contributed by atoms with van der Waals surface area (Å²) in [6.45, 7) is 4.11. The van der Waals surface area contributed by atoms with E-state index in [1.165, 1.54) is 11.9 Å². The lowest BCUT2D eigenvalue weighted by atomic mass is 10.4. The van der Waals surface area contributed by atoms with Gasteiger partial charge in [0.05, 0.1) is 10.6 Å². The molecule has 0 unspecified atom stereocenters. The fourth-order valence-corrected chi connectivity index (χ4v) is 1.69. The third-order valence-corrected chi connectivity index (χ3v) is 2.56. The zero-order valence-corrected chi connectivity index (χ0v) is 9.43. The van der Waals surface area contributed by atoms with Crippen LogP contribution in [0.2, 0.25) is 0 Å². The van der Waals surface area contributed by atoms with E-state index in [-0.39, 0.29) is 0 Å². The average Bonchev–Trinajstić information content (AvgIpc) is 2.26. The second-order valence-electron chi connectivity index (χ2n) is 3.43. The van der Waals surface area contributed by atoms with E-state index in [4.69, 9.17) is 0 Å². The Morgan fingerprint density at radius 3 is 3.13 bits per heavy atom. The second-order valence-corrected chi connectivity index (χ2v) is 4.28. The Kier molecular flexibility index (Phi) is 3.08. The minimum Gasteiger partial charge on any atom is -0.295 e. The van der Waals surface area contributed by atoms with Gasteiger partial charge in [0.25, 0.3) is 0 Å². The molecular weight excluding hydrogens is 210 g/mol. The maximum absolute atomic E-state index is 4.39. The van der Waals surface area contributed by atoms with Crippen LogP contribution >= 0.6 is 11.9 Å². The van der Waals surface area contributed by atoms with Gasteiger partial charge in [0, 0.05) is 18.4 Å². The van der Waals surface area contributed by atoms with Gasteiger partial charge in [-0.1, -0.05) is 0 Å². The molecule has 15 heavy (non-hydrogen) atoms. The second kappa shape index (κ2) is 4.50. The standard InChI is InChI=1S/C9H13N5S/c1-6(2)12-13-9-11-7-3-4-10-5-8(7)15-14-9/h3-6,12H,1-2H3,(H2,11,13,14). The number of aromatic nitrogens is 1. The largest absolute Gasteiger partial charge is 0.295 e. The number of guanidine groups is 1. The Bertz CT molecular complexity index is 377. The molecule has 0 saturated carbocycles. The van der Waals surface area contributed by atoms with Crippen molar-refractivity contribution in [2.75, 3.05) is 0 Å². The number of fused-ring (bicyclic) bond motifs is 1. The predicted molar refractivity (Wildman–Crippen MR) is 61.7 cm³/mol. The summed E-state index contributed by atoms with van der Waals surface area (Å²) in [5.74, 6) is 0.715. The summed E-state index contributed by atoms with van der Waals surface area (Å²) in [5, 5.41) is 0. The normalized spacial score (nSPS) is 14.2. The van der Waals surface area contributed by atoms with Crippen molar-refractivity contribution in [1.82, 2.24) is 20.6 Å². The van der Waals surface area contributed by atoms with E-state index in [1.807, 2.05) is 6.07 Å². The van der Waals surface area contributed by atoms with Crippen LogP contribution in [0.25, 0.3) is 0 Å². The van der Waals surface area contributed by atoms with Gasteiger partial charge in [-0.25, -0.2) is 10.4 Å². The lowest BCUT2D eigenvalue weighted by Crippen LogP contribution is -2.46. The lowest BCUT2D eigenvalue weighted by Gasteiger charge is -2.18. The maximum atomic E-state index is 4.39. The third kappa shape index (κ3) is 2.60. The summed E-state index contributed by atoms with van der Waals surface area (Å²) < 4.78 is 3.08. The van der Waals surface area contributed by atoms with E-state index >= 15 is 0 Å². The highest BCUT2D eigenvalue weighted by Crippen LogP contribution is 2.29. The zero-order chi connectivity index (χ0) is 10.7. The Labute approximate surface area is 92.9 Å². The minimum atomic E-state index is 0.360. The van der Waals surface area contributed by atoms with Crippen molar-refractivity contribution >= 4 is 23.6 Å². The molecule has 2 heterocycles. The first kappa shape index (κ1) is 10.3. The molecule has 0 aromatic carbocycles. The highest BCUT2D eigenvalue weighted by atomic mass is 32.2. The van der Waals surface area contributed by atoms with Crippen molar-refractivity contribution in [1.29, 1.82) is 0 Å². The highest BCUT2D eigenvalue weighted by molar-refractivity contribution is 7.98. The fraction of sp³-hybridized carbons (Fsp3) is 0.333. The number of rotatable bonds is 2. The van der Waals surface area contributed by atoms with Gasteiger partial charge in [0.15, 0.2) is 0 Å². The molecule has 80 valence electrons. The number of nitrogens with one attached hydrogen (secondary N) is 3. The number of hydrazine groups is 1. The Morgan fingerprint density at radius 1 is 1.47 bits per heavy atom. The molecule has 6 heteroatoms. The van der Waals surface area contributed by atoms with Gasteiger partial charge in [-0.05, 0) is 31.9 Å². The van der Waals surface area contributed by atoms with Gasteiger partial charge >= 0.3 is 0 Å². The SMILES string of the molecule is CC(C)NNC1=Nc2ccncc2SN1. The molecule has 0 amide bonds. The molecule has 0 saturated heterocycles. The molecule has 0 fully saturated rings. The molecule has 1 aliphatic rings. The summed E-state index contributed by atoms with van der Waals surface area (Å²) in [4.78, 5) is 9.45. The van der Waals surface area contributed by atoms with Crippen LogP contribution in [0.5, 0.6) is 0 Å². The smallest absolute Gasteiger partial charge is 0.221 e. The van der Waals surface area contributed by atoms with Crippen LogP contribution in [-0.2, 0) is 0 Å². The number of hydrogen-bond acceptors (Lipinski definition) is 6. The van der Waals surface area contributed by atoms with Crippen LogP contribution in [0, 0.1) is 0 Å². The Balaban J connectivity index is 2.08. The average molecular weight is 223 g/mol. The number of nitrogens with zero attached hydrogens (tertiary/aromatic N) is 2. The fourth-order valence-electron chi connectivity index (χ4n) is 1.06. The molecule has 1 aliphatic heterocycles. The van der Waals surface area contributed by atoms with Crippen LogP contribution < -0.4 is 15.6 Å². The van der Waals surface area contributed by atoms with E-state index in [0.29, 0.717) is 12.0 Å².